The molecule has 3 nitrogen and oxygen atoms in total. The Labute approximate surface area is 98.8 Å². The molecule has 1 N–H and O–H groups in total. The lowest BCUT2D eigenvalue weighted by Gasteiger charge is -2.12. The van der Waals surface area contributed by atoms with Gasteiger partial charge in [0.15, 0.2) is 0 Å². The van der Waals surface area contributed by atoms with Gasteiger partial charge in [-0.3, -0.25) is 0 Å². The van der Waals surface area contributed by atoms with E-state index in [1.807, 2.05) is 0 Å². The lowest BCUT2D eigenvalue weighted by molar-refractivity contribution is 0.194. The molecule has 0 amide bonds. The van der Waals surface area contributed by atoms with Crippen molar-refractivity contribution in [1.29, 1.82) is 0 Å². The summed E-state index contributed by atoms with van der Waals surface area (Å²) in [4.78, 5) is 0. The van der Waals surface area contributed by atoms with Gasteiger partial charge < -0.3 is 14.6 Å². The van der Waals surface area contributed by atoms with E-state index in [9.17, 15) is 0 Å². The largest absolute Gasteiger partial charge is 0.385 e. The number of hydrogen-bond donors (Lipinski definition) is 1. The van der Waals surface area contributed by atoms with Crippen LogP contribution in [0.25, 0.3) is 0 Å². The number of nitrogens with one attached hydrogen (secondary N) is 1. The molecule has 0 aliphatic carbocycles. The molecule has 1 rings (SSSR count). The van der Waals surface area contributed by atoms with Gasteiger partial charge in [0.25, 0.3) is 0 Å². The third kappa shape index (κ3) is 4.81. The van der Waals surface area contributed by atoms with Gasteiger partial charge in [-0.2, -0.15) is 0 Å². The predicted octanol–water partition coefficient (Wildman–Crippen LogP) is 2.27. The number of rotatable bonds is 8. The average molecular weight is 224 g/mol. The van der Waals surface area contributed by atoms with Crippen LogP contribution in [0.15, 0.2) is 18.3 Å². The van der Waals surface area contributed by atoms with E-state index < -0.39 is 0 Å². The third-order valence-corrected chi connectivity index (χ3v) is 2.49. The average Bonchev–Trinajstić information content (AvgIpc) is 2.64. The van der Waals surface area contributed by atoms with Crippen molar-refractivity contribution in [3.8, 4) is 0 Å². The fourth-order valence-corrected chi connectivity index (χ4v) is 1.74. The maximum absolute atomic E-state index is 5.01. The summed E-state index contributed by atoms with van der Waals surface area (Å²) in [7, 11) is 1.74. The fourth-order valence-electron chi connectivity index (χ4n) is 1.74. The van der Waals surface area contributed by atoms with Crippen molar-refractivity contribution in [3.63, 3.8) is 0 Å². The standard InChI is InChI=1S/C13H24N2O/c1-12(2)11-15-8-4-6-13(15)10-14-7-5-9-16-3/h4,6,8,12,14H,5,7,9-11H2,1-3H3. The van der Waals surface area contributed by atoms with Gasteiger partial charge in [0.05, 0.1) is 0 Å². The summed E-state index contributed by atoms with van der Waals surface area (Å²) in [6.07, 6.45) is 3.23. The zero-order valence-corrected chi connectivity index (χ0v) is 10.7. The predicted molar refractivity (Wildman–Crippen MR) is 67.5 cm³/mol. The Hall–Kier alpha value is -0.800. The van der Waals surface area contributed by atoms with Gasteiger partial charge in [0.2, 0.25) is 0 Å². The van der Waals surface area contributed by atoms with Crippen LogP contribution in [0.4, 0.5) is 0 Å². The number of hydrogen-bond acceptors (Lipinski definition) is 2. The lowest BCUT2D eigenvalue weighted by Crippen LogP contribution is -2.19. The van der Waals surface area contributed by atoms with Crippen LogP contribution in [-0.2, 0) is 17.8 Å². The Balaban J connectivity index is 2.27. The van der Waals surface area contributed by atoms with E-state index in [2.05, 4.69) is 42.1 Å². The first-order valence-corrected chi connectivity index (χ1v) is 6.07. The molecule has 92 valence electrons. The maximum atomic E-state index is 5.01. The third-order valence-electron chi connectivity index (χ3n) is 2.49. The quantitative estimate of drug-likeness (QED) is 0.686. The normalized spacial score (nSPS) is 11.2. The monoisotopic (exact) mass is 224 g/mol. The van der Waals surface area contributed by atoms with Crippen LogP contribution in [0.1, 0.15) is 26.0 Å². The molecular weight excluding hydrogens is 200 g/mol. The highest BCUT2D eigenvalue weighted by Crippen LogP contribution is 2.06. The molecule has 0 unspecified atom stereocenters. The Bertz CT molecular complexity index is 281. The molecule has 0 spiro atoms. The molecule has 0 saturated carbocycles. The van der Waals surface area contributed by atoms with Crippen molar-refractivity contribution >= 4 is 0 Å². The van der Waals surface area contributed by atoms with Gasteiger partial charge >= 0.3 is 0 Å². The van der Waals surface area contributed by atoms with E-state index in [4.69, 9.17) is 4.74 Å². The second-order valence-corrected chi connectivity index (χ2v) is 4.57. The van der Waals surface area contributed by atoms with Crippen molar-refractivity contribution in [2.75, 3.05) is 20.3 Å². The van der Waals surface area contributed by atoms with E-state index in [1.165, 1.54) is 5.69 Å². The molecule has 0 radical (unpaired) electrons. The molecule has 1 heterocycles. The summed E-state index contributed by atoms with van der Waals surface area (Å²) in [5.74, 6) is 0.694. The first-order valence-electron chi connectivity index (χ1n) is 6.07. The second kappa shape index (κ2) is 7.47. The number of methoxy groups -OCH3 is 1. The molecule has 16 heavy (non-hydrogen) atoms. The maximum Gasteiger partial charge on any atom is 0.0474 e. The van der Waals surface area contributed by atoms with Crippen molar-refractivity contribution in [3.05, 3.63) is 24.0 Å². The summed E-state index contributed by atoms with van der Waals surface area (Å²) >= 11 is 0. The smallest absolute Gasteiger partial charge is 0.0474 e. The van der Waals surface area contributed by atoms with Crippen LogP contribution in [0.5, 0.6) is 0 Å². The van der Waals surface area contributed by atoms with Crippen molar-refractivity contribution in [2.24, 2.45) is 5.92 Å². The highest BCUT2D eigenvalue weighted by molar-refractivity contribution is 5.06. The van der Waals surface area contributed by atoms with Gasteiger partial charge in [-0.05, 0) is 31.0 Å². The Morgan fingerprint density at radius 3 is 2.94 bits per heavy atom. The summed E-state index contributed by atoms with van der Waals surface area (Å²) in [6, 6.07) is 4.31. The Morgan fingerprint density at radius 2 is 2.25 bits per heavy atom. The van der Waals surface area contributed by atoms with E-state index in [0.717, 1.165) is 32.7 Å². The molecule has 1 aromatic heterocycles. The van der Waals surface area contributed by atoms with Crippen LogP contribution in [0, 0.1) is 5.92 Å². The van der Waals surface area contributed by atoms with Gasteiger partial charge in [0, 0.05) is 38.7 Å². The van der Waals surface area contributed by atoms with E-state index >= 15 is 0 Å². The number of nitrogens with zero attached hydrogens (tertiary/aromatic N) is 1. The molecule has 0 bridgehead atoms. The van der Waals surface area contributed by atoms with Crippen LogP contribution < -0.4 is 5.32 Å². The number of aromatic nitrogens is 1. The summed E-state index contributed by atoms with van der Waals surface area (Å²) in [5.41, 5.74) is 1.37. The minimum absolute atomic E-state index is 0.694. The zero-order valence-electron chi connectivity index (χ0n) is 10.7. The molecular formula is C13H24N2O. The van der Waals surface area contributed by atoms with Gasteiger partial charge in [-0.25, -0.2) is 0 Å². The molecule has 0 fully saturated rings. The highest BCUT2D eigenvalue weighted by Gasteiger charge is 2.02. The molecule has 0 aliphatic heterocycles. The van der Waals surface area contributed by atoms with Gasteiger partial charge in [-0.15, -0.1) is 0 Å². The Morgan fingerprint density at radius 1 is 1.44 bits per heavy atom. The van der Waals surface area contributed by atoms with Crippen molar-refractivity contribution in [2.45, 2.75) is 33.4 Å². The van der Waals surface area contributed by atoms with Gasteiger partial charge in [0.1, 0.15) is 0 Å². The molecule has 0 aromatic carbocycles. The van der Waals surface area contributed by atoms with Crippen molar-refractivity contribution < 1.29 is 4.74 Å². The molecule has 0 saturated heterocycles. The van der Waals surface area contributed by atoms with Gasteiger partial charge in [-0.1, -0.05) is 13.8 Å². The van der Waals surface area contributed by atoms with Crippen LogP contribution in [0.2, 0.25) is 0 Å². The molecule has 1 aromatic rings. The fraction of sp³-hybridized carbons (Fsp3) is 0.692. The molecule has 0 aliphatic rings. The SMILES string of the molecule is COCCCNCc1cccn1CC(C)C. The minimum Gasteiger partial charge on any atom is -0.385 e. The summed E-state index contributed by atoms with van der Waals surface area (Å²) in [5, 5.41) is 3.44. The first-order chi connectivity index (χ1) is 7.74. The zero-order chi connectivity index (χ0) is 11.8. The second-order valence-electron chi connectivity index (χ2n) is 4.57. The highest BCUT2D eigenvalue weighted by atomic mass is 16.5. The summed E-state index contributed by atoms with van der Waals surface area (Å²) < 4.78 is 7.34. The first kappa shape index (κ1) is 13.3. The van der Waals surface area contributed by atoms with Crippen LogP contribution in [0.3, 0.4) is 0 Å². The lowest BCUT2D eigenvalue weighted by atomic mass is 10.2. The topological polar surface area (TPSA) is 26.2 Å². The minimum atomic E-state index is 0.694. The number of ether oxygens (including phenoxy) is 1. The molecule has 0 atom stereocenters. The van der Waals surface area contributed by atoms with E-state index in [0.29, 0.717) is 5.92 Å². The van der Waals surface area contributed by atoms with Crippen LogP contribution in [-0.4, -0.2) is 24.8 Å². The van der Waals surface area contributed by atoms with E-state index in [-0.39, 0.29) is 0 Å². The van der Waals surface area contributed by atoms with Crippen LogP contribution >= 0.6 is 0 Å². The van der Waals surface area contributed by atoms with E-state index in [1.54, 1.807) is 7.11 Å². The Kier molecular flexibility index (Phi) is 6.19. The summed E-state index contributed by atoms with van der Waals surface area (Å²) in [6.45, 7) is 8.39. The molecule has 3 heteroatoms. The van der Waals surface area contributed by atoms with Crippen molar-refractivity contribution in [1.82, 2.24) is 9.88 Å².